The molecule has 1 aliphatic carbocycles. The number of nitrogens with one attached hydrogen (secondary N) is 1. The van der Waals surface area contributed by atoms with Gasteiger partial charge in [-0.25, -0.2) is 0 Å². The molecule has 0 bridgehead atoms. The van der Waals surface area contributed by atoms with Gasteiger partial charge in [-0.05, 0) is 75.5 Å². The Morgan fingerprint density at radius 1 is 1.08 bits per heavy atom. The number of rotatable bonds is 9. The molecule has 1 heterocycles. The van der Waals surface area contributed by atoms with Gasteiger partial charge < -0.3 is 20.7 Å². The van der Waals surface area contributed by atoms with E-state index in [0.29, 0.717) is 32.5 Å². The Morgan fingerprint density at radius 2 is 1.71 bits per heavy atom. The van der Waals surface area contributed by atoms with Crippen molar-refractivity contribution in [1.82, 2.24) is 10.2 Å². The highest BCUT2D eigenvalue weighted by atomic mass is 16.5. The first-order chi connectivity index (χ1) is 18.1. The summed E-state index contributed by atoms with van der Waals surface area (Å²) in [4.78, 5) is 41.8. The van der Waals surface area contributed by atoms with E-state index in [2.05, 4.69) is 17.4 Å². The molecule has 204 valence electrons. The summed E-state index contributed by atoms with van der Waals surface area (Å²) in [5, 5.41) is 3.10. The normalized spacial score (nSPS) is 20.5. The van der Waals surface area contributed by atoms with E-state index in [9.17, 15) is 14.4 Å². The van der Waals surface area contributed by atoms with Gasteiger partial charge in [0.25, 0.3) is 0 Å². The zero-order valence-electron chi connectivity index (χ0n) is 22.9. The van der Waals surface area contributed by atoms with Crippen LogP contribution >= 0.6 is 0 Å². The standard InChI is InChI=1S/C31H41N3O4/c1-4-38-29(37)31(20-22-11-6-5-7-12-22)15-10-16-34(21-31)27(35)19-26(33-28(36)30(2,3)32)25-17-23-13-8-9-14-24(23)18-25/h5-9,11-14,25-26H,4,10,15-21,32H2,1-3H3,(H,33,36). The number of nitrogens with zero attached hydrogens (tertiary/aromatic N) is 1. The van der Waals surface area contributed by atoms with Gasteiger partial charge in [-0.3, -0.25) is 14.4 Å². The molecule has 2 unspecified atom stereocenters. The van der Waals surface area contributed by atoms with E-state index >= 15 is 0 Å². The fourth-order valence-electron chi connectivity index (χ4n) is 5.88. The summed E-state index contributed by atoms with van der Waals surface area (Å²) >= 11 is 0. The van der Waals surface area contributed by atoms with Crippen LogP contribution in [0.1, 0.15) is 56.7 Å². The first-order valence-corrected chi connectivity index (χ1v) is 13.8. The van der Waals surface area contributed by atoms with Gasteiger partial charge in [0.15, 0.2) is 0 Å². The quantitative estimate of drug-likeness (QED) is 0.495. The van der Waals surface area contributed by atoms with Gasteiger partial charge in [-0.1, -0.05) is 54.6 Å². The molecule has 7 heteroatoms. The summed E-state index contributed by atoms with van der Waals surface area (Å²) in [5.41, 5.74) is 7.84. The Balaban J connectivity index is 1.53. The molecule has 0 saturated carbocycles. The van der Waals surface area contributed by atoms with Gasteiger partial charge in [0.05, 0.1) is 17.6 Å². The second-order valence-corrected chi connectivity index (χ2v) is 11.5. The smallest absolute Gasteiger partial charge is 0.314 e. The first kappa shape index (κ1) is 27.8. The van der Waals surface area contributed by atoms with Crippen molar-refractivity contribution in [1.29, 1.82) is 0 Å². The molecular weight excluding hydrogens is 478 g/mol. The number of esters is 1. The van der Waals surface area contributed by atoms with Gasteiger partial charge in [-0.2, -0.15) is 0 Å². The molecule has 2 atom stereocenters. The molecule has 4 rings (SSSR count). The Labute approximate surface area is 226 Å². The molecule has 1 fully saturated rings. The largest absolute Gasteiger partial charge is 0.466 e. The van der Waals surface area contributed by atoms with Crippen molar-refractivity contribution in [3.63, 3.8) is 0 Å². The molecule has 38 heavy (non-hydrogen) atoms. The third kappa shape index (κ3) is 6.44. The molecule has 2 amide bonds. The van der Waals surface area contributed by atoms with Crippen molar-refractivity contribution in [3.8, 4) is 0 Å². The number of ether oxygens (including phenoxy) is 1. The van der Waals surface area contributed by atoms with Crippen LogP contribution < -0.4 is 11.1 Å². The predicted molar refractivity (Wildman–Crippen MR) is 147 cm³/mol. The average Bonchev–Trinajstić information content (AvgIpc) is 3.33. The fraction of sp³-hybridized carbons (Fsp3) is 0.516. The van der Waals surface area contributed by atoms with Crippen molar-refractivity contribution >= 4 is 17.8 Å². The van der Waals surface area contributed by atoms with Crippen molar-refractivity contribution in [2.75, 3.05) is 19.7 Å². The maximum absolute atomic E-state index is 13.8. The molecule has 2 aromatic carbocycles. The Kier molecular flexibility index (Phi) is 8.56. The van der Waals surface area contributed by atoms with E-state index in [0.717, 1.165) is 24.8 Å². The van der Waals surface area contributed by atoms with Crippen LogP contribution in [-0.2, 0) is 38.4 Å². The van der Waals surface area contributed by atoms with Crippen molar-refractivity contribution in [2.45, 2.75) is 70.9 Å². The Bertz CT molecular complexity index is 1120. The summed E-state index contributed by atoms with van der Waals surface area (Å²) in [6.45, 7) is 6.36. The van der Waals surface area contributed by atoms with Crippen LogP contribution in [0.15, 0.2) is 54.6 Å². The van der Waals surface area contributed by atoms with E-state index in [-0.39, 0.29) is 36.2 Å². The van der Waals surface area contributed by atoms with Crippen molar-refractivity contribution in [2.24, 2.45) is 17.1 Å². The highest BCUT2D eigenvalue weighted by Crippen LogP contribution is 2.36. The van der Waals surface area contributed by atoms with Crippen LogP contribution in [0, 0.1) is 11.3 Å². The van der Waals surface area contributed by atoms with Crippen molar-refractivity contribution < 1.29 is 19.1 Å². The fourth-order valence-corrected chi connectivity index (χ4v) is 5.88. The molecule has 1 saturated heterocycles. The maximum atomic E-state index is 13.8. The first-order valence-electron chi connectivity index (χ1n) is 13.8. The number of carbonyl (C=O) groups is 3. The summed E-state index contributed by atoms with van der Waals surface area (Å²) in [5.74, 6) is -0.466. The lowest BCUT2D eigenvalue weighted by atomic mass is 9.75. The zero-order valence-corrected chi connectivity index (χ0v) is 22.9. The Morgan fingerprint density at radius 3 is 2.32 bits per heavy atom. The summed E-state index contributed by atoms with van der Waals surface area (Å²) in [6.07, 6.45) is 3.70. The highest BCUT2D eigenvalue weighted by molar-refractivity contribution is 5.86. The number of fused-ring (bicyclic) bond motifs is 1. The number of hydrogen-bond acceptors (Lipinski definition) is 5. The van der Waals surface area contributed by atoms with E-state index in [1.807, 2.05) is 49.4 Å². The molecule has 0 aromatic heterocycles. The summed E-state index contributed by atoms with van der Waals surface area (Å²) in [7, 11) is 0. The van der Waals surface area contributed by atoms with Gasteiger partial charge in [0.2, 0.25) is 11.8 Å². The van der Waals surface area contributed by atoms with Crippen LogP contribution in [0.4, 0.5) is 0 Å². The zero-order chi connectivity index (χ0) is 27.3. The Hall–Kier alpha value is -3.19. The molecule has 7 nitrogen and oxygen atoms in total. The summed E-state index contributed by atoms with van der Waals surface area (Å²) in [6, 6.07) is 17.8. The van der Waals surface area contributed by atoms with E-state index in [1.165, 1.54) is 11.1 Å². The lowest BCUT2D eigenvalue weighted by Crippen LogP contribution is -2.56. The molecule has 3 N–H and O–H groups in total. The number of likely N-dealkylation sites (tertiary alicyclic amines) is 1. The van der Waals surface area contributed by atoms with Gasteiger partial charge in [-0.15, -0.1) is 0 Å². The van der Waals surface area contributed by atoms with E-state index in [1.54, 1.807) is 18.7 Å². The van der Waals surface area contributed by atoms with Gasteiger partial charge in [0, 0.05) is 25.6 Å². The molecule has 1 aliphatic heterocycles. The molecular formula is C31H41N3O4. The van der Waals surface area contributed by atoms with Crippen LogP contribution in [0.3, 0.4) is 0 Å². The number of nitrogens with two attached hydrogens (primary N) is 1. The van der Waals surface area contributed by atoms with Crippen LogP contribution in [0.5, 0.6) is 0 Å². The lowest BCUT2D eigenvalue weighted by molar-refractivity contribution is -0.161. The average molecular weight is 520 g/mol. The minimum absolute atomic E-state index is 0.0532. The minimum atomic E-state index is -1.05. The molecule has 0 spiro atoms. The maximum Gasteiger partial charge on any atom is 0.314 e. The molecule has 0 radical (unpaired) electrons. The molecule has 2 aliphatic rings. The number of piperidine rings is 1. The van der Waals surface area contributed by atoms with Crippen LogP contribution in [0.2, 0.25) is 0 Å². The number of amides is 2. The predicted octanol–water partition coefficient (Wildman–Crippen LogP) is 3.43. The third-order valence-corrected chi connectivity index (χ3v) is 7.97. The number of benzene rings is 2. The van der Waals surface area contributed by atoms with Crippen molar-refractivity contribution in [3.05, 3.63) is 71.3 Å². The van der Waals surface area contributed by atoms with Gasteiger partial charge in [0.1, 0.15) is 0 Å². The van der Waals surface area contributed by atoms with Crippen LogP contribution in [0.25, 0.3) is 0 Å². The lowest BCUT2D eigenvalue weighted by Gasteiger charge is -2.42. The SMILES string of the molecule is CCOC(=O)C1(Cc2ccccc2)CCCN(C(=O)CC(NC(=O)C(C)(C)N)C2Cc3ccccc3C2)C1. The highest BCUT2D eigenvalue weighted by Gasteiger charge is 2.45. The molecule has 2 aromatic rings. The summed E-state index contributed by atoms with van der Waals surface area (Å²) < 4.78 is 5.53. The monoisotopic (exact) mass is 519 g/mol. The second kappa shape index (κ2) is 11.7. The van der Waals surface area contributed by atoms with E-state index < -0.39 is 11.0 Å². The minimum Gasteiger partial charge on any atom is -0.466 e. The second-order valence-electron chi connectivity index (χ2n) is 11.5. The number of carbonyl (C=O) groups excluding carboxylic acids is 3. The van der Waals surface area contributed by atoms with Crippen LogP contribution in [-0.4, -0.2) is 54.0 Å². The van der Waals surface area contributed by atoms with Gasteiger partial charge >= 0.3 is 5.97 Å². The topological polar surface area (TPSA) is 102 Å². The van der Waals surface area contributed by atoms with E-state index in [4.69, 9.17) is 10.5 Å². The number of hydrogen-bond donors (Lipinski definition) is 2. The third-order valence-electron chi connectivity index (χ3n) is 7.97.